The van der Waals surface area contributed by atoms with Crippen LogP contribution in [-0.2, 0) is 37.5 Å². The van der Waals surface area contributed by atoms with Crippen LogP contribution in [0.1, 0.15) is 6.92 Å². The van der Waals surface area contributed by atoms with Crippen LogP contribution in [0.3, 0.4) is 0 Å². The third-order valence-electron chi connectivity index (χ3n) is 0. The molecule has 0 heterocycles. The van der Waals surface area contributed by atoms with Crippen molar-refractivity contribution in [3.8, 4) is 0 Å². The molecule has 0 bridgehead atoms. The van der Waals surface area contributed by atoms with Gasteiger partial charge in [-0.1, -0.05) is 0 Å². The minimum Gasteiger partial charge on any atom is -0.291 e. The van der Waals surface area contributed by atoms with Gasteiger partial charge in [-0.3, -0.25) is 4.79 Å². The van der Waals surface area contributed by atoms with Crippen molar-refractivity contribution >= 4 is 6.29 Å². The van der Waals surface area contributed by atoms with Crippen LogP contribution in [0.2, 0.25) is 0 Å². The maximum Gasteiger partial charge on any atom is 0.195 e. The standard InChI is InChI=1S/C2H3O.Y/c1-2-3;/h1H3;. The summed E-state index contributed by atoms with van der Waals surface area (Å²) in [6.07, 6.45) is 1.50. The quantitative estimate of drug-likeness (QED) is 0.457. The van der Waals surface area contributed by atoms with Crippen molar-refractivity contribution in [2.75, 3.05) is 0 Å². The Morgan fingerprint density at radius 2 is 1.75 bits per heavy atom. The maximum absolute atomic E-state index is 8.68. The van der Waals surface area contributed by atoms with E-state index in [1.54, 1.807) is 0 Å². The Hall–Kier alpha value is 0.774. The first-order chi connectivity index (χ1) is 1.41. The van der Waals surface area contributed by atoms with Crippen LogP contribution in [0.15, 0.2) is 0 Å². The Morgan fingerprint density at radius 1 is 1.75 bits per heavy atom. The van der Waals surface area contributed by atoms with E-state index in [2.05, 4.69) is 0 Å². The summed E-state index contributed by atoms with van der Waals surface area (Å²) in [5.74, 6) is 0. The Bertz CT molecular complexity index is 13.5. The van der Waals surface area contributed by atoms with Crippen molar-refractivity contribution < 1.29 is 37.5 Å². The molecule has 0 aliphatic rings. The SMILES string of the molecule is C[C]=O.[Y]. The van der Waals surface area contributed by atoms with E-state index in [4.69, 9.17) is 4.79 Å². The first-order valence-corrected chi connectivity index (χ1v) is 0.704. The molecule has 2 heteroatoms. The van der Waals surface area contributed by atoms with E-state index in [0.717, 1.165) is 0 Å². The van der Waals surface area contributed by atoms with Gasteiger partial charge < -0.3 is 0 Å². The van der Waals surface area contributed by atoms with Gasteiger partial charge in [-0.05, 0) is 0 Å². The fourth-order valence-electron chi connectivity index (χ4n) is 0. The summed E-state index contributed by atoms with van der Waals surface area (Å²) in [7, 11) is 0. The zero-order chi connectivity index (χ0) is 2.71. The van der Waals surface area contributed by atoms with Crippen LogP contribution in [0.5, 0.6) is 0 Å². The second-order valence-corrected chi connectivity index (χ2v) is 0.204. The predicted molar refractivity (Wildman–Crippen MR) is 11.4 cm³/mol. The molecule has 0 aromatic rings. The minimum absolute atomic E-state index is 0. The second-order valence-electron chi connectivity index (χ2n) is 0.204. The van der Waals surface area contributed by atoms with E-state index in [1.165, 1.54) is 13.2 Å². The number of rotatable bonds is 0. The Balaban J connectivity index is 0. The van der Waals surface area contributed by atoms with Crippen LogP contribution in [0.25, 0.3) is 0 Å². The summed E-state index contributed by atoms with van der Waals surface area (Å²) in [4.78, 5) is 8.68. The first-order valence-electron chi connectivity index (χ1n) is 0.704. The van der Waals surface area contributed by atoms with Gasteiger partial charge in [-0.25, -0.2) is 0 Å². The van der Waals surface area contributed by atoms with Crippen LogP contribution in [0.4, 0.5) is 0 Å². The van der Waals surface area contributed by atoms with Crippen LogP contribution in [0, 0.1) is 0 Å². The molecule has 0 unspecified atom stereocenters. The molecule has 4 heavy (non-hydrogen) atoms. The fraction of sp³-hybridized carbons (Fsp3) is 0.500. The van der Waals surface area contributed by atoms with Gasteiger partial charge in [0.15, 0.2) is 6.29 Å². The third kappa shape index (κ3) is 14.6. The van der Waals surface area contributed by atoms with Crippen LogP contribution < -0.4 is 0 Å². The monoisotopic (exact) mass is 132 g/mol. The van der Waals surface area contributed by atoms with Crippen molar-refractivity contribution in [3.05, 3.63) is 0 Å². The Morgan fingerprint density at radius 3 is 1.75 bits per heavy atom. The summed E-state index contributed by atoms with van der Waals surface area (Å²) in [5.41, 5.74) is 0. The largest absolute Gasteiger partial charge is 0.291 e. The number of hydrogen-bond donors (Lipinski definition) is 0. The van der Waals surface area contributed by atoms with E-state index in [1.807, 2.05) is 0 Å². The zero-order valence-electron chi connectivity index (χ0n) is 2.49. The average molecular weight is 132 g/mol. The molecule has 0 saturated heterocycles. The van der Waals surface area contributed by atoms with Crippen molar-refractivity contribution in [2.45, 2.75) is 6.92 Å². The van der Waals surface area contributed by atoms with E-state index in [0.29, 0.717) is 0 Å². The summed E-state index contributed by atoms with van der Waals surface area (Å²) in [5, 5.41) is 0. The van der Waals surface area contributed by atoms with Gasteiger partial charge in [0.1, 0.15) is 0 Å². The first kappa shape index (κ1) is 8.84. The van der Waals surface area contributed by atoms with E-state index in [-0.39, 0.29) is 32.7 Å². The summed E-state index contributed by atoms with van der Waals surface area (Å²) in [6, 6.07) is 0. The van der Waals surface area contributed by atoms with Gasteiger partial charge in [0.25, 0.3) is 0 Å². The third-order valence-corrected chi connectivity index (χ3v) is 0. The summed E-state index contributed by atoms with van der Waals surface area (Å²) in [6.45, 7) is 1.32. The van der Waals surface area contributed by atoms with E-state index >= 15 is 0 Å². The molecule has 1 nitrogen and oxygen atoms in total. The van der Waals surface area contributed by atoms with Gasteiger partial charge in [-0.2, -0.15) is 0 Å². The molecular formula is C2H3OY. The average Bonchev–Trinajstić information content (AvgIpc) is 0.918. The molecule has 0 atom stereocenters. The summed E-state index contributed by atoms with van der Waals surface area (Å²) < 4.78 is 0. The molecule has 0 rings (SSSR count). The molecule has 20 valence electrons. The van der Waals surface area contributed by atoms with Gasteiger partial charge in [-0.15, -0.1) is 0 Å². The maximum atomic E-state index is 8.68. The molecule has 0 spiro atoms. The van der Waals surface area contributed by atoms with Crippen molar-refractivity contribution in [1.82, 2.24) is 0 Å². The molecule has 2 radical (unpaired) electrons. The topological polar surface area (TPSA) is 17.1 Å². The normalized spacial score (nSPS) is 3.25. The van der Waals surface area contributed by atoms with Gasteiger partial charge >= 0.3 is 0 Å². The molecule has 0 fully saturated rings. The molecular weight excluding hydrogens is 129 g/mol. The minimum atomic E-state index is 0. The second kappa shape index (κ2) is 9.23. The fourth-order valence-corrected chi connectivity index (χ4v) is 0. The molecule has 0 saturated carbocycles. The number of hydrogen-bond acceptors (Lipinski definition) is 1. The predicted octanol–water partition coefficient (Wildman–Crippen LogP) is 0.113. The Kier molecular flexibility index (Phi) is 20.4. The van der Waals surface area contributed by atoms with Gasteiger partial charge in [0, 0.05) is 39.6 Å². The van der Waals surface area contributed by atoms with E-state index in [9.17, 15) is 0 Å². The van der Waals surface area contributed by atoms with Gasteiger partial charge in [0.2, 0.25) is 0 Å². The molecule has 0 N–H and O–H groups in total. The van der Waals surface area contributed by atoms with Crippen LogP contribution in [-0.4, -0.2) is 6.29 Å². The smallest absolute Gasteiger partial charge is 0.195 e. The molecule has 0 aromatic carbocycles. The molecule has 0 aliphatic heterocycles. The van der Waals surface area contributed by atoms with Crippen LogP contribution >= 0.6 is 0 Å². The number of carbonyl (C=O) groups excluding carboxylic acids is 1. The zero-order valence-corrected chi connectivity index (χ0v) is 5.32. The van der Waals surface area contributed by atoms with Crippen molar-refractivity contribution in [2.24, 2.45) is 0 Å². The Labute approximate surface area is 50.6 Å². The van der Waals surface area contributed by atoms with Gasteiger partial charge in [0.05, 0.1) is 0 Å². The van der Waals surface area contributed by atoms with Crippen molar-refractivity contribution in [3.63, 3.8) is 0 Å². The molecule has 0 aliphatic carbocycles. The molecule has 0 aromatic heterocycles. The van der Waals surface area contributed by atoms with Crippen molar-refractivity contribution in [1.29, 1.82) is 0 Å². The van der Waals surface area contributed by atoms with E-state index < -0.39 is 0 Å². The molecule has 0 amide bonds. The summed E-state index contributed by atoms with van der Waals surface area (Å²) >= 11 is 0.